The van der Waals surface area contributed by atoms with Crippen molar-refractivity contribution >= 4 is 34.8 Å². The Morgan fingerprint density at radius 3 is 2.00 bits per heavy atom. The first-order valence-corrected chi connectivity index (χ1v) is 6.65. The van der Waals surface area contributed by atoms with E-state index < -0.39 is 0 Å². The number of halogens is 3. The minimum Gasteiger partial charge on any atom is -0.324 e. The summed E-state index contributed by atoms with van der Waals surface area (Å²) in [4.78, 5) is 0. The second-order valence-corrected chi connectivity index (χ2v) is 5.31. The van der Waals surface area contributed by atoms with E-state index in [9.17, 15) is 0 Å². The summed E-state index contributed by atoms with van der Waals surface area (Å²) in [5.41, 5.74) is 8.04. The van der Waals surface area contributed by atoms with Gasteiger partial charge in [0.1, 0.15) is 0 Å². The van der Waals surface area contributed by atoms with Crippen molar-refractivity contribution in [3.8, 4) is 0 Å². The topological polar surface area (TPSA) is 26.0 Å². The molecule has 0 aliphatic carbocycles. The summed E-state index contributed by atoms with van der Waals surface area (Å²) in [6.45, 7) is 0. The van der Waals surface area contributed by atoms with Crippen LogP contribution in [0.5, 0.6) is 0 Å². The van der Waals surface area contributed by atoms with Crippen molar-refractivity contribution in [3.05, 3.63) is 68.7 Å². The third-order valence-electron chi connectivity index (χ3n) is 2.78. The van der Waals surface area contributed by atoms with Crippen molar-refractivity contribution in [2.75, 3.05) is 0 Å². The summed E-state index contributed by atoms with van der Waals surface area (Å²) < 4.78 is 0. The summed E-state index contributed by atoms with van der Waals surface area (Å²) in [5.74, 6) is 0. The fraction of sp³-hybridized carbons (Fsp3) is 0.143. The van der Waals surface area contributed by atoms with Gasteiger partial charge < -0.3 is 5.73 Å². The average Bonchev–Trinajstić information content (AvgIpc) is 2.34. The highest BCUT2D eigenvalue weighted by Crippen LogP contribution is 2.28. The van der Waals surface area contributed by atoms with E-state index in [4.69, 9.17) is 40.5 Å². The normalized spacial score (nSPS) is 12.4. The molecule has 0 aliphatic heterocycles. The van der Waals surface area contributed by atoms with E-state index >= 15 is 0 Å². The number of hydrogen-bond acceptors (Lipinski definition) is 1. The Kier molecular flexibility index (Phi) is 4.52. The molecule has 0 radical (unpaired) electrons. The zero-order valence-corrected chi connectivity index (χ0v) is 11.8. The standard InChI is InChI=1S/C14H12Cl3N/c15-10-6-4-9(5-7-10)14(18)8-11-12(16)2-1-3-13(11)17/h1-7,14H,8,18H2. The Hall–Kier alpha value is -0.730. The molecule has 2 rings (SSSR count). The van der Waals surface area contributed by atoms with Crippen LogP contribution in [0.4, 0.5) is 0 Å². The summed E-state index contributed by atoms with van der Waals surface area (Å²) in [5, 5.41) is 1.99. The van der Waals surface area contributed by atoms with Gasteiger partial charge in [0.05, 0.1) is 0 Å². The van der Waals surface area contributed by atoms with E-state index in [-0.39, 0.29) is 6.04 Å². The van der Waals surface area contributed by atoms with Gasteiger partial charge >= 0.3 is 0 Å². The largest absolute Gasteiger partial charge is 0.324 e. The zero-order valence-electron chi connectivity index (χ0n) is 9.54. The molecule has 0 heterocycles. The van der Waals surface area contributed by atoms with Crippen LogP contribution in [-0.2, 0) is 6.42 Å². The van der Waals surface area contributed by atoms with Gasteiger partial charge in [-0.15, -0.1) is 0 Å². The molecule has 4 heteroatoms. The molecule has 18 heavy (non-hydrogen) atoms. The molecule has 2 aromatic carbocycles. The van der Waals surface area contributed by atoms with Crippen molar-refractivity contribution in [2.45, 2.75) is 12.5 Å². The van der Waals surface area contributed by atoms with E-state index in [1.165, 1.54) is 0 Å². The smallest absolute Gasteiger partial charge is 0.0453 e. The Bertz CT molecular complexity index is 517. The second-order valence-electron chi connectivity index (χ2n) is 4.06. The number of nitrogens with two attached hydrogens (primary N) is 1. The fourth-order valence-electron chi connectivity index (χ4n) is 1.78. The highest BCUT2D eigenvalue weighted by molar-refractivity contribution is 6.36. The van der Waals surface area contributed by atoms with Crippen LogP contribution in [-0.4, -0.2) is 0 Å². The SMILES string of the molecule is NC(Cc1c(Cl)cccc1Cl)c1ccc(Cl)cc1. The van der Waals surface area contributed by atoms with Crippen molar-refractivity contribution in [1.29, 1.82) is 0 Å². The molecular weight excluding hydrogens is 289 g/mol. The predicted molar refractivity (Wildman–Crippen MR) is 78.5 cm³/mol. The predicted octanol–water partition coefficient (Wildman–Crippen LogP) is 4.89. The van der Waals surface area contributed by atoms with Gasteiger partial charge in [-0.2, -0.15) is 0 Å². The van der Waals surface area contributed by atoms with E-state index in [2.05, 4.69) is 0 Å². The van der Waals surface area contributed by atoms with E-state index in [1.54, 1.807) is 0 Å². The number of benzene rings is 2. The average molecular weight is 301 g/mol. The Morgan fingerprint density at radius 1 is 0.889 bits per heavy atom. The molecule has 0 amide bonds. The molecule has 0 bridgehead atoms. The molecule has 0 aromatic heterocycles. The molecule has 1 atom stereocenters. The molecule has 2 N–H and O–H groups in total. The molecular formula is C14H12Cl3N. The van der Waals surface area contributed by atoms with Crippen LogP contribution in [0.15, 0.2) is 42.5 Å². The molecule has 1 unspecified atom stereocenters. The maximum atomic E-state index is 6.15. The van der Waals surface area contributed by atoms with Crippen LogP contribution in [0, 0.1) is 0 Å². The monoisotopic (exact) mass is 299 g/mol. The van der Waals surface area contributed by atoms with Gasteiger partial charge in [0.25, 0.3) is 0 Å². The van der Waals surface area contributed by atoms with Crippen LogP contribution in [0.3, 0.4) is 0 Å². The molecule has 0 fully saturated rings. The van der Waals surface area contributed by atoms with Gasteiger partial charge in [0.15, 0.2) is 0 Å². The molecule has 2 aromatic rings. The van der Waals surface area contributed by atoms with Gasteiger partial charge in [-0.05, 0) is 41.8 Å². The minimum atomic E-state index is -0.153. The lowest BCUT2D eigenvalue weighted by molar-refractivity contribution is 0.722. The first-order chi connectivity index (χ1) is 8.58. The molecule has 94 valence electrons. The third-order valence-corrected chi connectivity index (χ3v) is 3.74. The molecule has 0 saturated heterocycles. The van der Waals surface area contributed by atoms with Crippen molar-refractivity contribution in [2.24, 2.45) is 5.73 Å². The van der Waals surface area contributed by atoms with Crippen molar-refractivity contribution in [3.63, 3.8) is 0 Å². The maximum Gasteiger partial charge on any atom is 0.0453 e. The highest BCUT2D eigenvalue weighted by atomic mass is 35.5. The number of rotatable bonds is 3. The van der Waals surface area contributed by atoms with Gasteiger partial charge in [-0.1, -0.05) is 53.0 Å². The van der Waals surface area contributed by atoms with E-state index in [0.29, 0.717) is 21.5 Å². The molecule has 0 spiro atoms. The quantitative estimate of drug-likeness (QED) is 0.858. The van der Waals surface area contributed by atoms with Crippen LogP contribution in [0.25, 0.3) is 0 Å². The van der Waals surface area contributed by atoms with Crippen molar-refractivity contribution in [1.82, 2.24) is 0 Å². The summed E-state index contributed by atoms with van der Waals surface area (Å²) >= 11 is 18.1. The highest BCUT2D eigenvalue weighted by Gasteiger charge is 2.12. The lowest BCUT2D eigenvalue weighted by Crippen LogP contribution is -2.13. The van der Waals surface area contributed by atoms with Crippen molar-refractivity contribution < 1.29 is 0 Å². The second kappa shape index (κ2) is 5.94. The number of hydrogen-bond donors (Lipinski definition) is 1. The van der Waals surface area contributed by atoms with Crippen LogP contribution in [0.1, 0.15) is 17.2 Å². The van der Waals surface area contributed by atoms with Gasteiger partial charge in [0, 0.05) is 21.1 Å². The fourth-order valence-corrected chi connectivity index (χ4v) is 2.45. The van der Waals surface area contributed by atoms with Crippen LogP contribution < -0.4 is 5.73 Å². The first kappa shape index (κ1) is 13.7. The summed E-state index contributed by atoms with van der Waals surface area (Å²) in [6, 6.07) is 12.8. The van der Waals surface area contributed by atoms with E-state index in [0.717, 1.165) is 11.1 Å². The minimum absolute atomic E-state index is 0.153. The molecule has 0 saturated carbocycles. The third kappa shape index (κ3) is 3.18. The van der Waals surface area contributed by atoms with Gasteiger partial charge in [-0.3, -0.25) is 0 Å². The molecule has 0 aliphatic rings. The lowest BCUT2D eigenvalue weighted by atomic mass is 10.00. The van der Waals surface area contributed by atoms with Crippen LogP contribution >= 0.6 is 34.8 Å². The zero-order chi connectivity index (χ0) is 13.1. The summed E-state index contributed by atoms with van der Waals surface area (Å²) in [6.07, 6.45) is 0.597. The Morgan fingerprint density at radius 2 is 1.44 bits per heavy atom. The lowest BCUT2D eigenvalue weighted by Gasteiger charge is -2.14. The van der Waals surface area contributed by atoms with E-state index in [1.807, 2.05) is 42.5 Å². The van der Waals surface area contributed by atoms with Gasteiger partial charge in [0.2, 0.25) is 0 Å². The van der Waals surface area contributed by atoms with Gasteiger partial charge in [-0.25, -0.2) is 0 Å². The summed E-state index contributed by atoms with van der Waals surface area (Å²) in [7, 11) is 0. The molecule has 1 nitrogen and oxygen atoms in total. The van der Waals surface area contributed by atoms with Crippen LogP contribution in [0.2, 0.25) is 15.1 Å². The Balaban J connectivity index is 2.21. The maximum absolute atomic E-state index is 6.15. The Labute approximate surface area is 121 Å². The first-order valence-electron chi connectivity index (χ1n) is 5.52.